The van der Waals surface area contributed by atoms with Crippen LogP contribution in [0.4, 0.5) is 0 Å². The lowest BCUT2D eigenvalue weighted by Gasteiger charge is -1.99. The van der Waals surface area contributed by atoms with E-state index in [0.717, 1.165) is 16.8 Å². The van der Waals surface area contributed by atoms with E-state index in [1.54, 1.807) is 6.20 Å². The van der Waals surface area contributed by atoms with E-state index in [-0.39, 0.29) is 0 Å². The third kappa shape index (κ3) is 2.60. The number of nitrogens with zero attached hydrogens (tertiary/aromatic N) is 3. The van der Waals surface area contributed by atoms with Crippen LogP contribution in [0.1, 0.15) is 12.8 Å². The highest BCUT2D eigenvalue weighted by Gasteiger charge is 2.09. The number of ether oxygens (including phenoxy) is 1. The van der Waals surface area contributed by atoms with Gasteiger partial charge in [0.05, 0.1) is 5.69 Å². The molecule has 0 unspecified atom stereocenters. The summed E-state index contributed by atoms with van der Waals surface area (Å²) in [5.41, 5.74) is 2.87. The van der Waals surface area contributed by atoms with Crippen LogP contribution in [0, 0.1) is 0 Å². The molecular weight excluding hydrogens is 256 g/mol. The average Bonchev–Trinajstić information content (AvgIpc) is 3.17. The Morgan fingerprint density at radius 2 is 2.15 bits per heavy atom. The molecule has 0 saturated carbocycles. The smallest absolute Gasteiger partial charge is 0.252 e. The Hall–Kier alpha value is -2.47. The van der Waals surface area contributed by atoms with E-state index in [2.05, 4.69) is 20.3 Å². The first-order valence-corrected chi connectivity index (χ1v) is 6.37. The zero-order valence-electron chi connectivity index (χ0n) is 11.0. The molecule has 1 aromatic carbocycles. The van der Waals surface area contributed by atoms with Gasteiger partial charge < -0.3 is 9.26 Å². The molecule has 102 valence electrons. The van der Waals surface area contributed by atoms with Crippen molar-refractivity contribution in [3.63, 3.8) is 0 Å². The summed E-state index contributed by atoms with van der Waals surface area (Å²) in [6.45, 7) is 2.88. The van der Waals surface area contributed by atoms with Crippen LogP contribution >= 0.6 is 0 Å². The standard InChI is InChI=1S/C14H14N4O2/c1-2-19-9-13-16-14(18-20-13)11-5-3-4-10(8-11)12-6-7-15-17-12/h3-8H,2,9H2,1H3,(H,15,17). The van der Waals surface area contributed by atoms with Crippen molar-refractivity contribution in [3.8, 4) is 22.6 Å². The second-order valence-corrected chi connectivity index (χ2v) is 4.20. The van der Waals surface area contributed by atoms with Crippen molar-refractivity contribution in [2.24, 2.45) is 0 Å². The highest BCUT2D eigenvalue weighted by atomic mass is 16.5. The van der Waals surface area contributed by atoms with Crippen LogP contribution < -0.4 is 0 Å². The molecule has 0 aliphatic carbocycles. The molecule has 0 amide bonds. The van der Waals surface area contributed by atoms with E-state index in [1.165, 1.54) is 0 Å². The number of H-pyrrole nitrogens is 1. The summed E-state index contributed by atoms with van der Waals surface area (Å²) >= 11 is 0. The average molecular weight is 270 g/mol. The van der Waals surface area contributed by atoms with Crippen molar-refractivity contribution in [1.29, 1.82) is 0 Å². The number of hydrogen-bond acceptors (Lipinski definition) is 5. The van der Waals surface area contributed by atoms with Crippen molar-refractivity contribution in [2.75, 3.05) is 6.61 Å². The van der Waals surface area contributed by atoms with Gasteiger partial charge in [0.2, 0.25) is 5.82 Å². The molecular formula is C14H14N4O2. The summed E-state index contributed by atoms with van der Waals surface area (Å²) in [4.78, 5) is 4.31. The number of benzene rings is 1. The van der Waals surface area contributed by atoms with Gasteiger partial charge in [-0.15, -0.1) is 0 Å². The summed E-state index contributed by atoms with van der Waals surface area (Å²) in [6.07, 6.45) is 1.72. The van der Waals surface area contributed by atoms with Crippen molar-refractivity contribution in [3.05, 3.63) is 42.4 Å². The molecule has 0 atom stereocenters. The molecule has 0 bridgehead atoms. The summed E-state index contributed by atoms with van der Waals surface area (Å²) in [6, 6.07) is 9.79. The molecule has 6 nitrogen and oxygen atoms in total. The van der Waals surface area contributed by atoms with Crippen LogP contribution in [0.3, 0.4) is 0 Å². The SMILES string of the molecule is CCOCc1nc(-c2cccc(-c3ccn[nH]3)c2)no1. The Labute approximate surface area is 115 Å². The van der Waals surface area contributed by atoms with Crippen molar-refractivity contribution >= 4 is 0 Å². The van der Waals surface area contributed by atoms with Crippen molar-refractivity contribution in [1.82, 2.24) is 20.3 Å². The number of nitrogens with one attached hydrogen (secondary N) is 1. The third-order valence-electron chi connectivity index (χ3n) is 2.83. The van der Waals surface area contributed by atoms with Gasteiger partial charge in [0.25, 0.3) is 5.89 Å². The summed E-state index contributed by atoms with van der Waals surface area (Å²) in [7, 11) is 0. The molecule has 1 N–H and O–H groups in total. The minimum atomic E-state index is 0.337. The van der Waals surface area contributed by atoms with Gasteiger partial charge in [0, 0.05) is 23.9 Å². The Kier molecular flexibility index (Phi) is 3.56. The number of hydrogen-bond donors (Lipinski definition) is 1. The minimum absolute atomic E-state index is 0.337. The minimum Gasteiger partial charge on any atom is -0.372 e. The van der Waals surface area contributed by atoms with E-state index in [1.807, 2.05) is 37.3 Å². The largest absolute Gasteiger partial charge is 0.372 e. The Bertz CT molecular complexity index is 676. The Balaban J connectivity index is 1.87. The molecule has 3 aromatic rings. The third-order valence-corrected chi connectivity index (χ3v) is 2.83. The van der Waals surface area contributed by atoms with Gasteiger partial charge in [0.15, 0.2) is 0 Å². The number of aromatic amines is 1. The van der Waals surface area contributed by atoms with Crippen LogP contribution in [-0.2, 0) is 11.3 Å². The fourth-order valence-corrected chi connectivity index (χ4v) is 1.86. The van der Waals surface area contributed by atoms with E-state index >= 15 is 0 Å². The summed E-state index contributed by atoms with van der Waals surface area (Å²) in [5, 5.41) is 10.8. The van der Waals surface area contributed by atoms with Crippen molar-refractivity contribution < 1.29 is 9.26 Å². The fourth-order valence-electron chi connectivity index (χ4n) is 1.86. The van der Waals surface area contributed by atoms with Crippen LogP contribution in [-0.4, -0.2) is 26.9 Å². The second-order valence-electron chi connectivity index (χ2n) is 4.20. The van der Waals surface area contributed by atoms with Crippen LogP contribution in [0.25, 0.3) is 22.6 Å². The lowest BCUT2D eigenvalue weighted by atomic mass is 10.1. The van der Waals surface area contributed by atoms with Gasteiger partial charge in [-0.25, -0.2) is 0 Å². The number of aromatic nitrogens is 4. The monoisotopic (exact) mass is 270 g/mol. The first kappa shape index (κ1) is 12.6. The second kappa shape index (κ2) is 5.66. The van der Waals surface area contributed by atoms with Gasteiger partial charge in [-0.1, -0.05) is 23.4 Å². The van der Waals surface area contributed by atoms with Crippen LogP contribution in [0.15, 0.2) is 41.1 Å². The highest BCUT2D eigenvalue weighted by molar-refractivity contribution is 5.67. The maximum atomic E-state index is 5.24. The molecule has 0 saturated heterocycles. The van der Waals surface area contributed by atoms with E-state index < -0.39 is 0 Å². The van der Waals surface area contributed by atoms with E-state index in [0.29, 0.717) is 24.9 Å². The van der Waals surface area contributed by atoms with Gasteiger partial charge in [-0.05, 0) is 19.1 Å². The molecule has 0 spiro atoms. The molecule has 2 aromatic heterocycles. The fraction of sp³-hybridized carbons (Fsp3) is 0.214. The van der Waals surface area contributed by atoms with Gasteiger partial charge in [0.1, 0.15) is 6.61 Å². The zero-order valence-corrected chi connectivity index (χ0v) is 11.0. The van der Waals surface area contributed by atoms with E-state index in [4.69, 9.17) is 9.26 Å². The first-order valence-electron chi connectivity index (χ1n) is 6.37. The van der Waals surface area contributed by atoms with E-state index in [9.17, 15) is 0 Å². The number of rotatable bonds is 5. The molecule has 0 aliphatic rings. The normalized spacial score (nSPS) is 10.8. The zero-order chi connectivity index (χ0) is 13.8. The topological polar surface area (TPSA) is 76.8 Å². The molecule has 0 radical (unpaired) electrons. The predicted octanol–water partition coefficient (Wildman–Crippen LogP) is 2.66. The maximum absolute atomic E-state index is 5.24. The van der Waals surface area contributed by atoms with Crippen LogP contribution in [0.5, 0.6) is 0 Å². The van der Waals surface area contributed by atoms with Gasteiger partial charge in [-0.2, -0.15) is 10.1 Å². The Morgan fingerprint density at radius 3 is 2.95 bits per heavy atom. The lowest BCUT2D eigenvalue weighted by Crippen LogP contribution is -1.91. The molecule has 3 rings (SSSR count). The predicted molar refractivity (Wildman–Crippen MR) is 72.6 cm³/mol. The Morgan fingerprint density at radius 1 is 1.25 bits per heavy atom. The van der Waals surface area contributed by atoms with Gasteiger partial charge in [-0.3, -0.25) is 5.10 Å². The molecule has 6 heteroatoms. The maximum Gasteiger partial charge on any atom is 0.252 e. The lowest BCUT2D eigenvalue weighted by molar-refractivity contribution is 0.109. The molecule has 0 fully saturated rings. The van der Waals surface area contributed by atoms with Gasteiger partial charge >= 0.3 is 0 Å². The highest BCUT2D eigenvalue weighted by Crippen LogP contribution is 2.23. The molecule has 20 heavy (non-hydrogen) atoms. The van der Waals surface area contributed by atoms with Crippen molar-refractivity contribution in [2.45, 2.75) is 13.5 Å². The molecule has 2 heterocycles. The molecule has 0 aliphatic heterocycles. The summed E-state index contributed by atoms with van der Waals surface area (Å²) < 4.78 is 10.4. The first-order chi connectivity index (χ1) is 9.86. The summed E-state index contributed by atoms with van der Waals surface area (Å²) in [5.74, 6) is 1.04. The quantitative estimate of drug-likeness (QED) is 0.771. The van der Waals surface area contributed by atoms with Crippen LogP contribution in [0.2, 0.25) is 0 Å².